The van der Waals surface area contributed by atoms with Gasteiger partial charge in [0.1, 0.15) is 0 Å². The summed E-state index contributed by atoms with van der Waals surface area (Å²) in [6.07, 6.45) is 6.68. The summed E-state index contributed by atoms with van der Waals surface area (Å²) in [6.45, 7) is 0. The van der Waals surface area contributed by atoms with Crippen LogP contribution in [-0.4, -0.2) is 104 Å². The Hall–Kier alpha value is -0.590. The summed E-state index contributed by atoms with van der Waals surface area (Å²) >= 11 is 0. The van der Waals surface area contributed by atoms with E-state index in [-0.39, 0.29) is 91.3 Å². The summed E-state index contributed by atoms with van der Waals surface area (Å²) in [5, 5.41) is 28.2. The average molecular weight is 793 g/mol. The molecule has 20 heteroatoms. The zero-order valence-electron chi connectivity index (χ0n) is 29.2. The van der Waals surface area contributed by atoms with Gasteiger partial charge in [-0.2, -0.15) is 25.3 Å². The minimum atomic E-state index is -4.26. The summed E-state index contributed by atoms with van der Waals surface area (Å²) in [5.41, 5.74) is 0. The molecule has 9 rings (SSSR count). The average Bonchev–Trinajstić information content (AvgIpc) is 3.82. The van der Waals surface area contributed by atoms with E-state index >= 15 is 0 Å². The van der Waals surface area contributed by atoms with E-state index in [0.717, 1.165) is 25.7 Å². The molecule has 9 fully saturated rings. The molecule has 0 amide bonds. The summed E-state index contributed by atoms with van der Waals surface area (Å²) in [7, 11) is -12.7. The van der Waals surface area contributed by atoms with Gasteiger partial charge in [-0.1, -0.05) is 12.8 Å². The van der Waals surface area contributed by atoms with E-state index in [0.29, 0.717) is 63.2 Å². The van der Waals surface area contributed by atoms with Crippen LogP contribution in [0, 0.1) is 47.3 Å². The van der Waals surface area contributed by atoms with Gasteiger partial charge in [-0.05, 0) is 118 Å². The number of hydrogen-bond donors (Lipinski definition) is 11. The molecule has 9 aliphatic rings. The Balaban J connectivity index is 1.07. The third-order valence-corrected chi connectivity index (χ3v) is 19.0. The highest BCUT2D eigenvalue weighted by Crippen LogP contribution is 2.47. The molecule has 17 nitrogen and oxygen atoms in total. The molecule has 5 aliphatic heterocycles. The maximum atomic E-state index is 12.4. The fourth-order valence-corrected chi connectivity index (χ4v) is 15.4. The molecule has 5 heterocycles. The second kappa shape index (κ2) is 13.5. The zero-order chi connectivity index (χ0) is 36.3. The highest BCUT2D eigenvalue weighted by molar-refractivity contribution is 7.86. The van der Waals surface area contributed by atoms with Crippen LogP contribution in [0.25, 0.3) is 0 Å². The largest absolute Gasteiger partial charge is 0.286 e. The molecule has 4 aliphatic carbocycles. The van der Waals surface area contributed by atoms with Crippen LogP contribution in [0.4, 0.5) is 0 Å². The first-order chi connectivity index (χ1) is 24.6. The molecule has 0 spiro atoms. The molecule has 52 heavy (non-hydrogen) atoms. The van der Waals surface area contributed by atoms with E-state index in [9.17, 15) is 38.9 Å². The second-order valence-electron chi connectivity index (χ2n) is 17.6. The molecule has 19 unspecified atom stereocenters. The lowest BCUT2D eigenvalue weighted by Crippen LogP contribution is -2.61. The quantitative estimate of drug-likeness (QED) is 0.157. The summed E-state index contributed by atoms with van der Waals surface area (Å²) in [4.78, 5) is 0. The van der Waals surface area contributed by atoms with Crippen LogP contribution in [0.1, 0.15) is 83.5 Å². The Morgan fingerprint density at radius 2 is 0.519 bits per heavy atom. The maximum Gasteiger partial charge on any atom is 0.267 e. The molecule has 5 saturated heterocycles. The summed E-state index contributed by atoms with van der Waals surface area (Å²) < 4.78 is 105. The van der Waals surface area contributed by atoms with E-state index < -0.39 is 46.1 Å². The van der Waals surface area contributed by atoms with Crippen molar-refractivity contribution >= 4 is 30.4 Å². The predicted octanol–water partition coefficient (Wildman–Crippen LogP) is -0.795. The van der Waals surface area contributed by atoms with Gasteiger partial charge in [-0.15, -0.1) is 0 Å². The van der Waals surface area contributed by atoms with Crippen molar-refractivity contribution in [2.45, 2.75) is 149 Å². The maximum absolute atomic E-state index is 12.4. The van der Waals surface area contributed by atoms with Crippen LogP contribution in [0.15, 0.2) is 0 Å². The van der Waals surface area contributed by atoms with Gasteiger partial charge in [-0.3, -0.25) is 56.2 Å². The van der Waals surface area contributed by atoms with Crippen LogP contribution in [0.5, 0.6) is 0 Å². The van der Waals surface area contributed by atoms with Crippen molar-refractivity contribution in [1.29, 1.82) is 0 Å². The first-order valence-electron chi connectivity index (χ1n) is 19.6. The Labute approximate surface area is 306 Å². The normalized spacial score (nSPS) is 52.3. The third-order valence-electron chi connectivity index (χ3n) is 15.2. The Bertz CT molecular complexity index is 1670. The highest BCUT2D eigenvalue weighted by atomic mass is 32.2. The minimum absolute atomic E-state index is 0.0102. The van der Waals surface area contributed by atoms with Crippen molar-refractivity contribution in [1.82, 2.24) is 42.5 Å². The fourth-order valence-electron chi connectivity index (χ4n) is 12.7. The Morgan fingerprint density at radius 3 is 0.750 bits per heavy atom. The molecular formula is C32H56N8O9S3. The number of nitrogens with one attached hydrogen (secondary N) is 8. The number of hydrogen-bond acceptors (Lipinski definition) is 14. The lowest BCUT2D eigenvalue weighted by Gasteiger charge is -2.37. The number of fused-ring (bicyclic) bond motifs is 20. The standard InChI is InChI=1S/C32H56N8O9S3/c41-50(42,43)14-5-8-19-22(11-14)31-36-27(19)34-25-17-3-1-2-4-18(17)26(33-25)35-30-23-12-15(51(44,45)46)6-9-20(23)28(37-30)39-32-24-13-16(52(47,48)49)7-10-21(24)29(38-31)40-32/h14-40H,1-13H2,(H,41,42,43)(H,44,45,46)(H,47,48,49). The van der Waals surface area contributed by atoms with Gasteiger partial charge in [0.05, 0.1) is 65.1 Å². The van der Waals surface area contributed by atoms with Crippen LogP contribution >= 0.6 is 0 Å². The monoisotopic (exact) mass is 792 g/mol. The third kappa shape index (κ3) is 6.71. The fraction of sp³-hybridized carbons (Fsp3) is 1.00. The van der Waals surface area contributed by atoms with Crippen molar-refractivity contribution in [3.05, 3.63) is 0 Å². The van der Waals surface area contributed by atoms with Crippen LogP contribution < -0.4 is 42.5 Å². The first-order valence-corrected chi connectivity index (χ1v) is 24.1. The SMILES string of the molecule is O=S(=O)(O)C1CCC2C3NC(NC4NC(NC5NC(NC6NC(N3)C3CC(S(=O)(=O)O)CCC63)C3CC(S(=O)(=O)O)CCC53)C3CCCCC43)C2C1. The van der Waals surface area contributed by atoms with E-state index in [2.05, 4.69) is 42.5 Å². The van der Waals surface area contributed by atoms with Gasteiger partial charge >= 0.3 is 0 Å². The molecule has 296 valence electrons. The Kier molecular flexibility index (Phi) is 9.62. The zero-order valence-corrected chi connectivity index (χ0v) is 31.6. The molecule has 11 N–H and O–H groups in total. The van der Waals surface area contributed by atoms with Crippen LogP contribution in [0.3, 0.4) is 0 Å². The summed E-state index contributed by atoms with van der Waals surface area (Å²) in [5.74, 6) is 0.572. The topological polar surface area (TPSA) is 259 Å². The highest BCUT2D eigenvalue weighted by Gasteiger charge is 2.57. The van der Waals surface area contributed by atoms with Crippen molar-refractivity contribution in [3.8, 4) is 0 Å². The van der Waals surface area contributed by atoms with E-state index in [1.807, 2.05) is 0 Å². The summed E-state index contributed by atoms with van der Waals surface area (Å²) in [6, 6.07) is 0. The molecule has 0 aromatic carbocycles. The molecule has 0 aromatic heterocycles. The van der Waals surface area contributed by atoms with Gasteiger partial charge in [-0.25, -0.2) is 0 Å². The van der Waals surface area contributed by atoms with Crippen molar-refractivity contribution in [3.63, 3.8) is 0 Å². The van der Waals surface area contributed by atoms with Crippen molar-refractivity contribution in [2.24, 2.45) is 47.3 Å². The molecular weight excluding hydrogens is 737 g/mol. The van der Waals surface area contributed by atoms with Gasteiger partial charge in [0, 0.05) is 0 Å². The molecule has 8 bridgehead atoms. The van der Waals surface area contributed by atoms with Gasteiger partial charge in [0.25, 0.3) is 30.4 Å². The Morgan fingerprint density at radius 1 is 0.308 bits per heavy atom. The minimum Gasteiger partial charge on any atom is -0.286 e. The first kappa shape index (κ1) is 37.0. The van der Waals surface area contributed by atoms with Crippen molar-refractivity contribution < 1.29 is 38.9 Å². The lowest BCUT2D eigenvalue weighted by molar-refractivity contribution is 0.167. The molecule has 19 atom stereocenters. The van der Waals surface area contributed by atoms with Crippen LogP contribution in [-0.2, 0) is 30.4 Å². The van der Waals surface area contributed by atoms with E-state index in [1.165, 1.54) is 0 Å². The van der Waals surface area contributed by atoms with Gasteiger partial charge in [0.2, 0.25) is 0 Å². The number of rotatable bonds is 3. The molecule has 4 saturated carbocycles. The van der Waals surface area contributed by atoms with Gasteiger partial charge < -0.3 is 0 Å². The van der Waals surface area contributed by atoms with Crippen molar-refractivity contribution in [2.75, 3.05) is 0 Å². The van der Waals surface area contributed by atoms with Gasteiger partial charge in [0.15, 0.2) is 0 Å². The van der Waals surface area contributed by atoms with Crippen LogP contribution in [0.2, 0.25) is 0 Å². The second-order valence-corrected chi connectivity index (χ2v) is 22.7. The predicted molar refractivity (Wildman–Crippen MR) is 189 cm³/mol. The molecule has 0 aromatic rings. The lowest BCUT2D eigenvalue weighted by atomic mass is 9.76. The smallest absolute Gasteiger partial charge is 0.267 e. The van der Waals surface area contributed by atoms with E-state index in [1.54, 1.807) is 0 Å². The molecule has 0 radical (unpaired) electrons. The van der Waals surface area contributed by atoms with E-state index in [4.69, 9.17) is 0 Å².